The second-order valence-electron chi connectivity index (χ2n) is 14.2. The number of hydrogen-bond donors (Lipinski definition) is 0. The van der Waals surface area contributed by atoms with Gasteiger partial charge < -0.3 is 14.2 Å². The molecule has 0 saturated heterocycles. The van der Waals surface area contributed by atoms with Crippen LogP contribution < -0.4 is 4.74 Å². The zero-order chi connectivity index (χ0) is 34.1. The quantitative estimate of drug-likeness (QED) is 0.199. The lowest BCUT2D eigenvalue weighted by atomic mass is 9.73. The number of pyridine rings is 1. The van der Waals surface area contributed by atoms with Crippen LogP contribution >= 0.6 is 0 Å². The summed E-state index contributed by atoms with van der Waals surface area (Å²) in [6, 6.07) is 8.52. The average molecular weight is 655 g/mol. The number of nitrogens with zero attached hydrogens (tertiary/aromatic N) is 2. The average Bonchev–Trinajstić information content (AvgIpc) is 3.56. The number of ether oxygens (including phenoxy) is 3. The molecule has 2 heterocycles. The molecule has 1 unspecified atom stereocenters. The Hall–Kier alpha value is -4.15. The molecule has 1 amide bonds. The second kappa shape index (κ2) is 11.5. The van der Waals surface area contributed by atoms with Gasteiger partial charge in [-0.05, 0) is 86.1 Å². The van der Waals surface area contributed by atoms with Crippen LogP contribution in [0.5, 0.6) is 5.88 Å². The van der Waals surface area contributed by atoms with E-state index in [-0.39, 0.29) is 53.9 Å². The Morgan fingerprint density at radius 2 is 1.77 bits per heavy atom. The Balaban J connectivity index is 1.34. The molecule has 47 heavy (non-hydrogen) atoms. The molecule has 3 aliphatic rings. The Labute approximate surface area is 271 Å². The van der Waals surface area contributed by atoms with Crippen molar-refractivity contribution in [3.05, 3.63) is 93.4 Å². The number of fused-ring (bicyclic) bond motifs is 4. The lowest BCUT2D eigenvalue weighted by Gasteiger charge is -2.46. The Morgan fingerprint density at radius 3 is 2.45 bits per heavy atom. The molecule has 1 saturated carbocycles. The molecule has 2 aliphatic carbocycles. The number of halogens is 4. The number of esters is 1. The first-order valence-corrected chi connectivity index (χ1v) is 15.8. The largest absolute Gasteiger partial charge is 0.473 e. The normalized spacial score (nSPS) is 22.6. The minimum Gasteiger partial charge on any atom is -0.473 e. The van der Waals surface area contributed by atoms with Crippen LogP contribution in [-0.4, -0.2) is 40.7 Å². The second-order valence-corrected chi connectivity index (χ2v) is 14.2. The molecular weight excluding hydrogens is 616 g/mol. The number of carbonyl (C=O) groups is 2. The van der Waals surface area contributed by atoms with Crippen LogP contribution in [-0.2, 0) is 38.9 Å². The summed E-state index contributed by atoms with van der Waals surface area (Å²) < 4.78 is 75.6. The van der Waals surface area contributed by atoms with E-state index in [0.717, 1.165) is 17.2 Å². The van der Waals surface area contributed by atoms with Crippen molar-refractivity contribution in [2.24, 2.45) is 11.8 Å². The van der Waals surface area contributed by atoms with Crippen LogP contribution in [0, 0.1) is 17.7 Å². The molecule has 4 atom stereocenters. The van der Waals surface area contributed by atoms with E-state index in [4.69, 9.17) is 14.2 Å². The van der Waals surface area contributed by atoms with Crippen LogP contribution in [0.25, 0.3) is 0 Å². The maximum atomic E-state index is 15.7. The third kappa shape index (κ3) is 6.16. The third-order valence-electron chi connectivity index (χ3n) is 9.23. The van der Waals surface area contributed by atoms with Crippen LogP contribution in [0.1, 0.15) is 92.4 Å². The number of benzene rings is 2. The molecule has 2 aromatic carbocycles. The lowest BCUT2D eigenvalue weighted by Crippen LogP contribution is -2.50. The van der Waals surface area contributed by atoms with Crippen LogP contribution in [0.3, 0.4) is 0 Å². The fourth-order valence-electron chi connectivity index (χ4n) is 7.21. The smallest absolute Gasteiger partial charge is 0.416 e. The highest BCUT2D eigenvalue weighted by Gasteiger charge is 2.60. The molecular formula is C36H38F4N2O5. The van der Waals surface area contributed by atoms with Crippen molar-refractivity contribution >= 4 is 12.1 Å². The number of carbonyl (C=O) groups excluding carboxylic acids is 2. The van der Waals surface area contributed by atoms with E-state index in [1.54, 1.807) is 40.0 Å². The van der Waals surface area contributed by atoms with Gasteiger partial charge in [-0.15, -0.1) is 0 Å². The van der Waals surface area contributed by atoms with Crippen molar-refractivity contribution in [1.29, 1.82) is 0 Å². The molecule has 6 rings (SSSR count). The number of alkyl halides is 3. The monoisotopic (exact) mass is 654 g/mol. The molecule has 11 heteroatoms. The van der Waals surface area contributed by atoms with E-state index < -0.39 is 40.7 Å². The predicted octanol–water partition coefficient (Wildman–Crippen LogP) is 7.89. The third-order valence-corrected chi connectivity index (χ3v) is 9.23. The van der Waals surface area contributed by atoms with Gasteiger partial charge in [0, 0.05) is 35.7 Å². The molecule has 0 radical (unpaired) electrons. The van der Waals surface area contributed by atoms with E-state index in [1.807, 2.05) is 13.8 Å². The molecule has 7 nitrogen and oxygen atoms in total. The van der Waals surface area contributed by atoms with Crippen molar-refractivity contribution < 1.29 is 41.4 Å². The van der Waals surface area contributed by atoms with Gasteiger partial charge >= 0.3 is 18.2 Å². The van der Waals surface area contributed by atoms with Crippen molar-refractivity contribution in [2.75, 3.05) is 13.2 Å². The van der Waals surface area contributed by atoms with Crippen molar-refractivity contribution in [3.63, 3.8) is 0 Å². The summed E-state index contributed by atoms with van der Waals surface area (Å²) >= 11 is 0. The SMILES string of the molecule is CCOC(=O)[C@H]1[C@@H]2Cc3cc(OCc4cc5c(cc4F)C(C)(C)CN(C(=O)OC(C)(C)C)C5c4ccccc4C(F)(F)F)ncc3[C@@H]21. The molecule has 0 spiro atoms. The highest BCUT2D eigenvalue weighted by atomic mass is 19.4. The molecule has 0 bridgehead atoms. The van der Waals surface area contributed by atoms with Gasteiger partial charge in [-0.3, -0.25) is 9.69 Å². The fourth-order valence-corrected chi connectivity index (χ4v) is 7.21. The molecule has 1 aromatic heterocycles. The van der Waals surface area contributed by atoms with Gasteiger partial charge in [0.15, 0.2) is 0 Å². The van der Waals surface area contributed by atoms with Gasteiger partial charge in [0.05, 0.1) is 24.1 Å². The van der Waals surface area contributed by atoms with Crippen LogP contribution in [0.15, 0.2) is 48.7 Å². The zero-order valence-electron chi connectivity index (χ0n) is 27.2. The number of rotatable bonds is 6. The summed E-state index contributed by atoms with van der Waals surface area (Å²) in [5, 5.41) is 0. The zero-order valence-corrected chi connectivity index (χ0v) is 27.2. The lowest BCUT2D eigenvalue weighted by molar-refractivity contribution is -0.145. The van der Waals surface area contributed by atoms with Crippen LogP contribution in [0.2, 0.25) is 0 Å². The van der Waals surface area contributed by atoms with Gasteiger partial charge in [-0.2, -0.15) is 13.2 Å². The van der Waals surface area contributed by atoms with E-state index in [1.165, 1.54) is 35.2 Å². The highest BCUT2D eigenvalue weighted by molar-refractivity contribution is 5.79. The maximum Gasteiger partial charge on any atom is 0.416 e. The van der Waals surface area contributed by atoms with Crippen molar-refractivity contribution in [3.8, 4) is 5.88 Å². The number of aromatic nitrogens is 1. The molecule has 250 valence electrons. The maximum absolute atomic E-state index is 15.7. The number of hydrogen-bond acceptors (Lipinski definition) is 6. The number of amides is 1. The van der Waals surface area contributed by atoms with Gasteiger partial charge in [-0.1, -0.05) is 32.0 Å². The topological polar surface area (TPSA) is 78.0 Å². The molecule has 3 aromatic rings. The Morgan fingerprint density at radius 1 is 1.04 bits per heavy atom. The van der Waals surface area contributed by atoms with Crippen molar-refractivity contribution in [1.82, 2.24) is 9.88 Å². The molecule has 1 aliphatic heterocycles. The Bertz CT molecular complexity index is 1730. The van der Waals surface area contributed by atoms with Crippen molar-refractivity contribution in [2.45, 2.75) is 83.7 Å². The van der Waals surface area contributed by atoms with Gasteiger partial charge in [0.25, 0.3) is 0 Å². The minimum atomic E-state index is -4.70. The summed E-state index contributed by atoms with van der Waals surface area (Å²) in [5.74, 6) is -0.403. The summed E-state index contributed by atoms with van der Waals surface area (Å²) in [6.07, 6.45) is -3.11. The van der Waals surface area contributed by atoms with Gasteiger partial charge in [0.2, 0.25) is 5.88 Å². The summed E-state index contributed by atoms with van der Waals surface area (Å²) in [7, 11) is 0. The molecule has 0 N–H and O–H groups in total. The highest BCUT2D eigenvalue weighted by Crippen LogP contribution is 2.62. The van der Waals surface area contributed by atoms with E-state index in [9.17, 15) is 22.8 Å². The molecule has 1 fully saturated rings. The fraction of sp³-hybridized carbons (Fsp3) is 0.472. The standard InChI is InChI=1S/C36H38F4N2O5/c1-7-45-32(43)30-23-12-19-14-28(41-16-24(19)29(23)30)46-17-20-13-22-26(15-27(20)37)35(5,6)18-42(33(44)47-34(2,3)4)31(22)21-10-8-9-11-25(21)36(38,39)40/h8-11,13-16,23,29-31H,7,12,17-18H2,1-6H3/t23-,29-,30+,31?/m1/s1. The first kappa shape index (κ1) is 32.8. The minimum absolute atomic E-state index is 0.000878. The van der Waals surface area contributed by atoms with E-state index in [2.05, 4.69) is 4.98 Å². The van der Waals surface area contributed by atoms with Crippen LogP contribution in [0.4, 0.5) is 22.4 Å². The van der Waals surface area contributed by atoms with Gasteiger partial charge in [-0.25, -0.2) is 14.2 Å². The summed E-state index contributed by atoms with van der Waals surface area (Å²) in [6.45, 7) is 10.6. The summed E-state index contributed by atoms with van der Waals surface area (Å²) in [5.41, 5.74) is 0.194. The van der Waals surface area contributed by atoms with Gasteiger partial charge in [0.1, 0.15) is 18.0 Å². The predicted molar refractivity (Wildman–Crippen MR) is 164 cm³/mol. The van der Waals surface area contributed by atoms with E-state index in [0.29, 0.717) is 24.2 Å². The first-order valence-electron chi connectivity index (χ1n) is 15.8. The van der Waals surface area contributed by atoms with E-state index >= 15 is 4.39 Å². The summed E-state index contributed by atoms with van der Waals surface area (Å²) in [4.78, 5) is 31.6. The first-order chi connectivity index (χ1) is 22.0. The Kier molecular flexibility index (Phi) is 8.04.